The summed E-state index contributed by atoms with van der Waals surface area (Å²) in [5.74, 6) is -0.276. The van der Waals surface area contributed by atoms with Gasteiger partial charge in [-0.25, -0.2) is 4.79 Å². The van der Waals surface area contributed by atoms with Gasteiger partial charge in [0.2, 0.25) is 0 Å². The lowest BCUT2D eigenvalue weighted by molar-refractivity contribution is -0.114. The predicted molar refractivity (Wildman–Crippen MR) is 106 cm³/mol. The van der Waals surface area contributed by atoms with Gasteiger partial charge in [0, 0.05) is 17.6 Å². The smallest absolute Gasteiger partial charge is 0.409 e. The number of benzene rings is 2. The number of anilines is 3. The van der Waals surface area contributed by atoms with Crippen molar-refractivity contribution in [1.82, 2.24) is 0 Å². The van der Waals surface area contributed by atoms with E-state index in [-0.39, 0.29) is 5.91 Å². The van der Waals surface area contributed by atoms with Crippen LogP contribution in [0.15, 0.2) is 65.4 Å². The molecule has 0 unspecified atom stereocenters. The highest BCUT2D eigenvalue weighted by Gasteiger charge is 2.29. The van der Waals surface area contributed by atoms with Gasteiger partial charge in [0.15, 0.2) is 0 Å². The minimum Gasteiger partial charge on any atom is -0.465 e. The highest BCUT2D eigenvalue weighted by atomic mass is 16.4. The van der Waals surface area contributed by atoms with Gasteiger partial charge < -0.3 is 10.4 Å². The number of para-hydroxylation sites is 1. The van der Waals surface area contributed by atoms with E-state index < -0.39 is 6.09 Å². The number of rotatable bonds is 5. The summed E-state index contributed by atoms with van der Waals surface area (Å²) in [6.45, 7) is 3.83. The molecule has 0 aromatic heterocycles. The van der Waals surface area contributed by atoms with Crippen LogP contribution in [0.1, 0.15) is 19.4 Å². The fourth-order valence-electron chi connectivity index (χ4n) is 2.82. The standard InChI is InChI=1S/C20H20N4O3/c1-3-14-7-4-5-10-18(14)21-12-17-13(2)23-24(19(17)25)16-9-6-8-15(11-16)22-20(26)27/h4-12,21-22H,3H2,1-2H3,(H,26,27). The molecule has 3 N–H and O–H groups in total. The number of carbonyl (C=O) groups excluding carboxylic acids is 1. The Morgan fingerprint density at radius 1 is 1.22 bits per heavy atom. The predicted octanol–water partition coefficient (Wildman–Crippen LogP) is 4.06. The molecule has 7 nitrogen and oxygen atoms in total. The summed E-state index contributed by atoms with van der Waals surface area (Å²) in [6, 6.07) is 14.4. The first-order chi connectivity index (χ1) is 13.0. The van der Waals surface area contributed by atoms with E-state index in [1.54, 1.807) is 37.4 Å². The van der Waals surface area contributed by atoms with E-state index >= 15 is 0 Å². The van der Waals surface area contributed by atoms with Gasteiger partial charge in [-0.15, -0.1) is 0 Å². The van der Waals surface area contributed by atoms with Crippen molar-refractivity contribution in [2.75, 3.05) is 15.6 Å². The lowest BCUT2D eigenvalue weighted by atomic mass is 10.1. The molecule has 0 saturated carbocycles. The van der Waals surface area contributed by atoms with Crippen LogP contribution in [0, 0.1) is 0 Å². The van der Waals surface area contributed by atoms with Crippen molar-refractivity contribution in [3.05, 3.63) is 65.9 Å². The van der Waals surface area contributed by atoms with E-state index in [4.69, 9.17) is 5.11 Å². The molecule has 0 atom stereocenters. The van der Waals surface area contributed by atoms with Gasteiger partial charge in [0.1, 0.15) is 0 Å². The number of amides is 2. The number of hydrogen-bond acceptors (Lipinski definition) is 4. The molecule has 1 aliphatic rings. The maximum atomic E-state index is 12.8. The first-order valence-electron chi connectivity index (χ1n) is 8.54. The van der Waals surface area contributed by atoms with Gasteiger partial charge in [-0.05, 0) is 43.2 Å². The Hall–Kier alpha value is -3.61. The summed E-state index contributed by atoms with van der Waals surface area (Å²) in [5, 5.41) is 19.9. The van der Waals surface area contributed by atoms with E-state index in [0.29, 0.717) is 22.7 Å². The van der Waals surface area contributed by atoms with Crippen LogP contribution in [0.2, 0.25) is 0 Å². The third-order valence-corrected chi connectivity index (χ3v) is 4.17. The fourth-order valence-corrected chi connectivity index (χ4v) is 2.82. The maximum Gasteiger partial charge on any atom is 0.409 e. The number of hydrazone groups is 1. The van der Waals surface area contributed by atoms with Crippen molar-refractivity contribution in [3.63, 3.8) is 0 Å². The number of carboxylic acid groups (broad SMARTS) is 1. The van der Waals surface area contributed by atoms with Crippen molar-refractivity contribution < 1.29 is 14.7 Å². The Balaban J connectivity index is 1.83. The molecule has 0 bridgehead atoms. The lowest BCUT2D eigenvalue weighted by Gasteiger charge is -2.13. The van der Waals surface area contributed by atoms with Crippen LogP contribution in [0.5, 0.6) is 0 Å². The molecule has 1 heterocycles. The quantitative estimate of drug-likeness (QED) is 0.698. The number of nitrogens with one attached hydrogen (secondary N) is 2. The minimum absolute atomic E-state index is 0.276. The average Bonchev–Trinajstić information content (AvgIpc) is 2.94. The van der Waals surface area contributed by atoms with Gasteiger partial charge in [-0.1, -0.05) is 31.2 Å². The summed E-state index contributed by atoms with van der Waals surface area (Å²) < 4.78 is 0. The van der Waals surface area contributed by atoms with Crippen molar-refractivity contribution in [3.8, 4) is 0 Å². The molecule has 7 heteroatoms. The SMILES string of the molecule is CCc1ccccc1NC=C1C(=O)N(c2cccc(NC(=O)O)c2)N=C1C. The van der Waals surface area contributed by atoms with E-state index in [2.05, 4.69) is 22.7 Å². The number of nitrogens with zero attached hydrogens (tertiary/aromatic N) is 2. The van der Waals surface area contributed by atoms with Gasteiger partial charge in [-0.2, -0.15) is 10.1 Å². The molecule has 0 fully saturated rings. The molecule has 0 spiro atoms. The lowest BCUT2D eigenvalue weighted by Crippen LogP contribution is -2.22. The molecule has 27 heavy (non-hydrogen) atoms. The summed E-state index contributed by atoms with van der Waals surface area (Å²) in [5.41, 5.74) is 3.99. The second-order valence-corrected chi connectivity index (χ2v) is 6.00. The molecular weight excluding hydrogens is 344 g/mol. The van der Waals surface area contributed by atoms with Crippen LogP contribution >= 0.6 is 0 Å². The molecule has 138 valence electrons. The van der Waals surface area contributed by atoms with Crippen molar-refractivity contribution in [1.29, 1.82) is 0 Å². The molecule has 2 aromatic rings. The van der Waals surface area contributed by atoms with Gasteiger partial charge in [0.25, 0.3) is 5.91 Å². The Labute approximate surface area is 157 Å². The third kappa shape index (κ3) is 3.98. The Bertz CT molecular complexity index is 950. The highest BCUT2D eigenvalue weighted by Crippen LogP contribution is 2.26. The Kier molecular flexibility index (Phi) is 5.21. The maximum absolute atomic E-state index is 12.8. The van der Waals surface area contributed by atoms with Crippen molar-refractivity contribution in [2.24, 2.45) is 5.10 Å². The number of carbonyl (C=O) groups is 2. The van der Waals surface area contributed by atoms with Crippen LogP contribution in [-0.4, -0.2) is 22.8 Å². The van der Waals surface area contributed by atoms with Crippen LogP contribution < -0.4 is 15.6 Å². The van der Waals surface area contributed by atoms with Crippen LogP contribution in [0.4, 0.5) is 21.9 Å². The highest BCUT2D eigenvalue weighted by molar-refractivity contribution is 6.29. The first kappa shape index (κ1) is 18.2. The topological polar surface area (TPSA) is 94.0 Å². The van der Waals surface area contributed by atoms with Crippen molar-refractivity contribution in [2.45, 2.75) is 20.3 Å². The van der Waals surface area contributed by atoms with E-state index in [9.17, 15) is 9.59 Å². The summed E-state index contributed by atoms with van der Waals surface area (Å²) in [6.07, 6.45) is 1.37. The molecule has 0 radical (unpaired) electrons. The molecule has 0 saturated heterocycles. The summed E-state index contributed by atoms with van der Waals surface area (Å²) >= 11 is 0. The van der Waals surface area contributed by atoms with E-state index in [1.807, 2.05) is 24.3 Å². The summed E-state index contributed by atoms with van der Waals surface area (Å²) in [7, 11) is 0. The molecular formula is C20H20N4O3. The van der Waals surface area contributed by atoms with Crippen LogP contribution in [0.3, 0.4) is 0 Å². The number of aryl methyl sites for hydroxylation is 1. The average molecular weight is 364 g/mol. The fraction of sp³-hybridized carbons (Fsp3) is 0.150. The third-order valence-electron chi connectivity index (χ3n) is 4.17. The zero-order chi connectivity index (χ0) is 19.4. The second-order valence-electron chi connectivity index (χ2n) is 6.00. The molecule has 0 aliphatic carbocycles. The second kappa shape index (κ2) is 7.74. The molecule has 2 aromatic carbocycles. The Morgan fingerprint density at radius 3 is 2.74 bits per heavy atom. The van der Waals surface area contributed by atoms with Gasteiger partial charge in [-0.3, -0.25) is 10.1 Å². The Morgan fingerprint density at radius 2 is 2.00 bits per heavy atom. The normalized spacial score (nSPS) is 15.0. The van der Waals surface area contributed by atoms with E-state index in [1.165, 1.54) is 5.01 Å². The van der Waals surface area contributed by atoms with Crippen LogP contribution in [0.25, 0.3) is 0 Å². The number of hydrogen-bond donors (Lipinski definition) is 3. The first-order valence-corrected chi connectivity index (χ1v) is 8.54. The minimum atomic E-state index is -1.17. The zero-order valence-corrected chi connectivity index (χ0v) is 15.1. The molecule has 1 aliphatic heterocycles. The van der Waals surface area contributed by atoms with Crippen LogP contribution in [-0.2, 0) is 11.2 Å². The monoisotopic (exact) mass is 364 g/mol. The van der Waals surface area contributed by atoms with Gasteiger partial charge in [0.05, 0.1) is 17.0 Å². The van der Waals surface area contributed by atoms with E-state index in [0.717, 1.165) is 17.7 Å². The largest absolute Gasteiger partial charge is 0.465 e. The van der Waals surface area contributed by atoms with Gasteiger partial charge >= 0.3 is 6.09 Å². The molecule has 3 rings (SSSR count). The molecule has 2 amide bonds. The summed E-state index contributed by atoms with van der Waals surface area (Å²) in [4.78, 5) is 23.6. The zero-order valence-electron chi connectivity index (χ0n) is 15.1. The van der Waals surface area contributed by atoms with Crippen molar-refractivity contribution >= 4 is 34.8 Å².